The molecule has 0 heterocycles. The Labute approximate surface area is 139 Å². The van der Waals surface area contributed by atoms with Crippen LogP contribution in [0.3, 0.4) is 0 Å². The molecule has 2 saturated carbocycles. The van der Waals surface area contributed by atoms with Crippen molar-refractivity contribution < 1.29 is 22.7 Å². The van der Waals surface area contributed by atoms with Gasteiger partial charge in [-0.05, 0) is 36.8 Å². The van der Waals surface area contributed by atoms with Crippen molar-refractivity contribution in [2.24, 2.45) is 11.8 Å². The van der Waals surface area contributed by atoms with Crippen LogP contribution in [0.2, 0.25) is 0 Å². The van der Waals surface area contributed by atoms with Crippen molar-refractivity contribution in [3.8, 4) is 5.75 Å². The Balaban J connectivity index is 1.64. The summed E-state index contributed by atoms with van der Waals surface area (Å²) in [6.45, 7) is 0. The van der Waals surface area contributed by atoms with Crippen LogP contribution in [-0.2, 0) is 4.79 Å². The molecule has 2 fully saturated rings. The molecule has 0 aromatic heterocycles. The van der Waals surface area contributed by atoms with Crippen LogP contribution in [0.25, 0.3) is 0 Å². The van der Waals surface area contributed by atoms with Crippen molar-refractivity contribution >= 4 is 5.91 Å². The van der Waals surface area contributed by atoms with Gasteiger partial charge in [-0.25, -0.2) is 0 Å². The largest absolute Gasteiger partial charge is 0.496 e. The number of hydrogen-bond donors (Lipinski definition) is 1. The van der Waals surface area contributed by atoms with Gasteiger partial charge in [0, 0.05) is 12.0 Å². The Morgan fingerprint density at radius 3 is 2.62 bits per heavy atom. The molecule has 132 valence electrons. The first-order valence-corrected chi connectivity index (χ1v) is 8.42. The van der Waals surface area contributed by atoms with Gasteiger partial charge in [0.05, 0.1) is 13.0 Å². The van der Waals surface area contributed by atoms with E-state index < -0.39 is 18.1 Å². The number of alkyl halides is 3. The fraction of sp³-hybridized carbons (Fsp3) is 0.611. The first-order valence-electron chi connectivity index (χ1n) is 8.42. The van der Waals surface area contributed by atoms with E-state index in [1.54, 1.807) is 7.11 Å². The molecule has 0 aliphatic heterocycles. The topological polar surface area (TPSA) is 38.3 Å². The van der Waals surface area contributed by atoms with Gasteiger partial charge < -0.3 is 10.1 Å². The molecule has 1 aromatic rings. The second-order valence-electron chi connectivity index (χ2n) is 6.74. The first kappa shape index (κ1) is 17.1. The predicted octanol–water partition coefficient (Wildman–Crippen LogP) is 4.04. The molecule has 6 heteroatoms. The van der Waals surface area contributed by atoms with Crippen LogP contribution in [0.4, 0.5) is 13.2 Å². The number of para-hydroxylation sites is 1. The lowest BCUT2D eigenvalue weighted by atomic mass is 9.84. The summed E-state index contributed by atoms with van der Waals surface area (Å²) in [6, 6.07) is 6.70. The molecule has 1 aromatic carbocycles. The van der Waals surface area contributed by atoms with E-state index in [4.69, 9.17) is 4.74 Å². The van der Waals surface area contributed by atoms with E-state index in [1.807, 2.05) is 24.3 Å². The van der Waals surface area contributed by atoms with Crippen LogP contribution in [0.15, 0.2) is 24.3 Å². The number of ether oxygens (including phenoxy) is 1. The standard InChI is InChI=1S/C18H22F3NO2/c1-24-16-9-5-2-6-11(16)12-10-13(12)17(23)22-15-8-4-3-7-14(15)18(19,20)21/h2,5-6,9,12-15H,3-4,7-8,10H2,1H3,(H,22,23). The van der Waals surface area contributed by atoms with Crippen molar-refractivity contribution in [2.75, 3.05) is 7.11 Å². The van der Waals surface area contributed by atoms with Crippen LogP contribution in [0.5, 0.6) is 5.75 Å². The molecule has 24 heavy (non-hydrogen) atoms. The lowest BCUT2D eigenvalue weighted by Crippen LogP contribution is -2.48. The molecule has 0 saturated heterocycles. The molecule has 0 radical (unpaired) electrons. The molecule has 0 spiro atoms. The Hall–Kier alpha value is -1.72. The minimum absolute atomic E-state index is 0.0362. The molecular weight excluding hydrogens is 319 g/mol. The maximum atomic E-state index is 13.1. The van der Waals surface area contributed by atoms with Crippen LogP contribution < -0.4 is 10.1 Å². The van der Waals surface area contributed by atoms with Gasteiger partial charge in [-0.3, -0.25) is 4.79 Å². The van der Waals surface area contributed by atoms with E-state index in [1.165, 1.54) is 0 Å². The highest BCUT2D eigenvalue weighted by Crippen LogP contribution is 2.50. The molecule has 0 bridgehead atoms. The van der Waals surface area contributed by atoms with E-state index in [0.29, 0.717) is 19.3 Å². The molecule has 3 nitrogen and oxygen atoms in total. The monoisotopic (exact) mass is 341 g/mol. The zero-order valence-corrected chi connectivity index (χ0v) is 13.6. The molecule has 4 atom stereocenters. The highest BCUT2D eigenvalue weighted by atomic mass is 19.4. The smallest absolute Gasteiger partial charge is 0.393 e. The molecule has 3 rings (SSSR count). The highest BCUT2D eigenvalue weighted by molar-refractivity contribution is 5.83. The van der Waals surface area contributed by atoms with Gasteiger partial charge in [0.15, 0.2) is 0 Å². The second kappa shape index (κ2) is 6.65. The SMILES string of the molecule is COc1ccccc1C1CC1C(=O)NC1CCCCC1C(F)(F)F. The van der Waals surface area contributed by atoms with Gasteiger partial charge in [0.25, 0.3) is 0 Å². The van der Waals surface area contributed by atoms with Crippen LogP contribution in [0, 0.1) is 11.8 Å². The third-order valence-corrected chi connectivity index (χ3v) is 5.18. The van der Waals surface area contributed by atoms with Crippen LogP contribution >= 0.6 is 0 Å². The first-order chi connectivity index (χ1) is 11.4. The number of methoxy groups -OCH3 is 1. The maximum Gasteiger partial charge on any atom is 0.393 e. The zero-order valence-electron chi connectivity index (χ0n) is 13.6. The second-order valence-corrected chi connectivity index (χ2v) is 6.74. The Bertz CT molecular complexity index is 602. The number of halogens is 3. The average molecular weight is 341 g/mol. The van der Waals surface area contributed by atoms with Crippen LogP contribution in [-0.4, -0.2) is 25.2 Å². The normalized spacial score (nSPS) is 29.8. The van der Waals surface area contributed by atoms with Crippen molar-refractivity contribution in [3.63, 3.8) is 0 Å². The summed E-state index contributed by atoms with van der Waals surface area (Å²) in [5.74, 6) is -1.17. The summed E-state index contributed by atoms with van der Waals surface area (Å²) >= 11 is 0. The summed E-state index contributed by atoms with van der Waals surface area (Å²) in [5.41, 5.74) is 0.955. The zero-order chi connectivity index (χ0) is 17.3. The molecular formula is C18H22F3NO2. The van der Waals surface area contributed by atoms with Gasteiger partial charge in [0.1, 0.15) is 5.75 Å². The summed E-state index contributed by atoms with van der Waals surface area (Å²) in [4.78, 5) is 12.4. The minimum atomic E-state index is -4.25. The van der Waals surface area contributed by atoms with E-state index in [2.05, 4.69) is 5.32 Å². The molecule has 2 aliphatic rings. The van der Waals surface area contributed by atoms with Crippen molar-refractivity contribution in [1.82, 2.24) is 5.32 Å². The van der Waals surface area contributed by atoms with Crippen molar-refractivity contribution in [1.29, 1.82) is 0 Å². The Morgan fingerprint density at radius 1 is 1.21 bits per heavy atom. The van der Waals surface area contributed by atoms with E-state index in [9.17, 15) is 18.0 Å². The summed E-state index contributed by atoms with van der Waals surface area (Å²) in [6.07, 6.45) is -1.77. The van der Waals surface area contributed by atoms with Gasteiger partial charge in [-0.2, -0.15) is 13.2 Å². The van der Waals surface area contributed by atoms with Gasteiger partial charge in [-0.1, -0.05) is 31.0 Å². The molecule has 1 N–H and O–H groups in total. The van der Waals surface area contributed by atoms with E-state index in [-0.39, 0.29) is 24.2 Å². The Kier molecular flexibility index (Phi) is 4.74. The van der Waals surface area contributed by atoms with Crippen molar-refractivity contribution in [2.45, 2.75) is 50.2 Å². The molecule has 1 amide bonds. The summed E-state index contributed by atoms with van der Waals surface area (Å²) in [7, 11) is 1.58. The number of carbonyl (C=O) groups is 1. The third kappa shape index (κ3) is 3.52. The fourth-order valence-corrected chi connectivity index (χ4v) is 3.79. The fourth-order valence-electron chi connectivity index (χ4n) is 3.79. The number of nitrogens with one attached hydrogen (secondary N) is 1. The summed E-state index contributed by atoms with van der Waals surface area (Å²) in [5, 5.41) is 2.67. The Morgan fingerprint density at radius 2 is 1.92 bits per heavy atom. The van der Waals surface area contributed by atoms with Gasteiger partial charge >= 0.3 is 6.18 Å². The van der Waals surface area contributed by atoms with Crippen molar-refractivity contribution in [3.05, 3.63) is 29.8 Å². The van der Waals surface area contributed by atoms with E-state index in [0.717, 1.165) is 17.7 Å². The predicted molar refractivity (Wildman–Crippen MR) is 83.8 cm³/mol. The lowest BCUT2D eigenvalue weighted by molar-refractivity contribution is -0.189. The lowest BCUT2D eigenvalue weighted by Gasteiger charge is -2.33. The number of hydrogen-bond acceptors (Lipinski definition) is 2. The number of carbonyl (C=O) groups excluding carboxylic acids is 1. The average Bonchev–Trinajstić information content (AvgIpc) is 3.35. The summed E-state index contributed by atoms with van der Waals surface area (Å²) < 4.78 is 44.7. The minimum Gasteiger partial charge on any atom is -0.496 e. The number of benzene rings is 1. The number of rotatable bonds is 4. The molecule has 2 aliphatic carbocycles. The van der Waals surface area contributed by atoms with E-state index >= 15 is 0 Å². The van der Waals surface area contributed by atoms with Crippen LogP contribution in [0.1, 0.15) is 43.6 Å². The maximum absolute atomic E-state index is 13.1. The quantitative estimate of drug-likeness (QED) is 0.898. The molecule has 4 unspecified atom stereocenters. The van der Waals surface area contributed by atoms with Gasteiger partial charge in [-0.15, -0.1) is 0 Å². The van der Waals surface area contributed by atoms with Gasteiger partial charge in [0.2, 0.25) is 5.91 Å². The number of amides is 1. The highest BCUT2D eigenvalue weighted by Gasteiger charge is 2.49. The third-order valence-electron chi connectivity index (χ3n) is 5.18.